The van der Waals surface area contributed by atoms with Crippen LogP contribution >= 0.6 is 23.2 Å². The standard InChI is InChI=1S/C11H12Cl2F3NO2S/c1-7(5-12)6-20(18,19)17-10-4-8(11(14,15)16)2-3-9(10)13/h2-4,7,17H,5-6H2,1H3. The Morgan fingerprint density at radius 3 is 2.45 bits per heavy atom. The molecule has 3 nitrogen and oxygen atoms in total. The fraction of sp³-hybridized carbons (Fsp3) is 0.455. The minimum Gasteiger partial charge on any atom is -0.282 e. The molecular weight excluding hydrogens is 338 g/mol. The van der Waals surface area contributed by atoms with Crippen molar-refractivity contribution in [3.8, 4) is 0 Å². The van der Waals surface area contributed by atoms with Gasteiger partial charge in [-0.3, -0.25) is 4.72 Å². The Labute approximate surface area is 125 Å². The zero-order chi connectivity index (χ0) is 15.6. The van der Waals surface area contributed by atoms with Gasteiger partial charge in [0.05, 0.1) is 22.0 Å². The molecule has 0 fully saturated rings. The minimum atomic E-state index is -4.58. The Morgan fingerprint density at radius 1 is 1.35 bits per heavy atom. The van der Waals surface area contributed by atoms with E-state index in [0.717, 1.165) is 12.1 Å². The fourth-order valence-corrected chi connectivity index (χ4v) is 3.32. The van der Waals surface area contributed by atoms with Gasteiger partial charge in [-0.2, -0.15) is 13.2 Å². The first kappa shape index (κ1) is 17.4. The van der Waals surface area contributed by atoms with E-state index in [1.807, 2.05) is 4.72 Å². The summed E-state index contributed by atoms with van der Waals surface area (Å²) in [5.74, 6) is -0.515. The average molecular weight is 350 g/mol. The second-order valence-corrected chi connectivity index (χ2v) is 6.82. The molecule has 114 valence electrons. The third kappa shape index (κ3) is 5.03. The van der Waals surface area contributed by atoms with E-state index in [1.165, 1.54) is 0 Å². The number of hydrogen-bond donors (Lipinski definition) is 1. The van der Waals surface area contributed by atoms with E-state index in [-0.39, 0.29) is 28.3 Å². The van der Waals surface area contributed by atoms with Crippen molar-refractivity contribution in [3.63, 3.8) is 0 Å². The van der Waals surface area contributed by atoms with Gasteiger partial charge in [-0.1, -0.05) is 18.5 Å². The molecule has 0 aliphatic carbocycles. The lowest BCUT2D eigenvalue weighted by Gasteiger charge is -2.14. The highest BCUT2D eigenvalue weighted by atomic mass is 35.5. The molecule has 1 aromatic rings. The summed E-state index contributed by atoms with van der Waals surface area (Å²) in [6.07, 6.45) is -4.58. The van der Waals surface area contributed by atoms with Gasteiger partial charge in [0.1, 0.15) is 0 Å². The van der Waals surface area contributed by atoms with Crippen molar-refractivity contribution in [3.05, 3.63) is 28.8 Å². The maximum atomic E-state index is 12.6. The van der Waals surface area contributed by atoms with Crippen LogP contribution in [0.15, 0.2) is 18.2 Å². The van der Waals surface area contributed by atoms with Gasteiger partial charge in [0.15, 0.2) is 0 Å². The topological polar surface area (TPSA) is 46.2 Å². The molecule has 0 radical (unpaired) electrons. The highest BCUT2D eigenvalue weighted by Crippen LogP contribution is 2.34. The average Bonchev–Trinajstić information content (AvgIpc) is 2.29. The number of anilines is 1. The summed E-state index contributed by atoms with van der Waals surface area (Å²) in [6.45, 7) is 1.61. The Bertz CT molecular complexity index is 576. The van der Waals surface area contributed by atoms with E-state index in [2.05, 4.69) is 0 Å². The zero-order valence-electron chi connectivity index (χ0n) is 10.3. The summed E-state index contributed by atoms with van der Waals surface area (Å²) < 4.78 is 63.3. The van der Waals surface area contributed by atoms with Crippen molar-refractivity contribution in [1.29, 1.82) is 0 Å². The van der Waals surface area contributed by atoms with Crippen LogP contribution in [0.1, 0.15) is 12.5 Å². The second-order valence-electron chi connectivity index (χ2n) is 4.34. The molecule has 0 heterocycles. The van der Waals surface area contributed by atoms with Crippen LogP contribution in [-0.4, -0.2) is 20.1 Å². The molecule has 1 atom stereocenters. The van der Waals surface area contributed by atoms with E-state index in [4.69, 9.17) is 23.2 Å². The molecule has 0 aromatic heterocycles. The number of halogens is 5. The first-order valence-electron chi connectivity index (χ1n) is 5.48. The van der Waals surface area contributed by atoms with Crippen LogP contribution in [0.4, 0.5) is 18.9 Å². The van der Waals surface area contributed by atoms with Crippen molar-refractivity contribution in [2.45, 2.75) is 13.1 Å². The molecule has 1 N–H and O–H groups in total. The summed E-state index contributed by atoms with van der Waals surface area (Å²) in [7, 11) is -3.82. The molecule has 1 rings (SSSR count). The number of rotatable bonds is 5. The summed E-state index contributed by atoms with van der Waals surface area (Å²) in [6, 6.07) is 2.43. The van der Waals surface area contributed by atoms with Crippen molar-refractivity contribution in [2.75, 3.05) is 16.4 Å². The van der Waals surface area contributed by atoms with E-state index in [0.29, 0.717) is 6.07 Å². The number of benzene rings is 1. The lowest BCUT2D eigenvalue weighted by molar-refractivity contribution is -0.137. The molecule has 0 aliphatic rings. The lowest BCUT2D eigenvalue weighted by Crippen LogP contribution is -2.22. The Morgan fingerprint density at radius 2 is 1.95 bits per heavy atom. The smallest absolute Gasteiger partial charge is 0.282 e. The van der Waals surface area contributed by atoms with Gasteiger partial charge >= 0.3 is 6.18 Å². The van der Waals surface area contributed by atoms with Crippen molar-refractivity contribution in [1.82, 2.24) is 0 Å². The molecule has 0 aliphatic heterocycles. The number of hydrogen-bond acceptors (Lipinski definition) is 2. The van der Waals surface area contributed by atoms with Crippen LogP contribution in [0.5, 0.6) is 0 Å². The number of sulfonamides is 1. The molecule has 0 bridgehead atoms. The van der Waals surface area contributed by atoms with Crippen molar-refractivity contribution >= 4 is 38.9 Å². The van der Waals surface area contributed by atoms with Crippen molar-refractivity contribution in [2.24, 2.45) is 5.92 Å². The van der Waals surface area contributed by atoms with Gasteiger partial charge in [-0.25, -0.2) is 8.42 Å². The maximum Gasteiger partial charge on any atom is 0.416 e. The van der Waals surface area contributed by atoms with E-state index in [9.17, 15) is 21.6 Å². The zero-order valence-corrected chi connectivity index (χ0v) is 12.7. The molecule has 1 aromatic carbocycles. The van der Waals surface area contributed by atoms with Crippen LogP contribution in [-0.2, 0) is 16.2 Å². The van der Waals surface area contributed by atoms with Gasteiger partial charge in [0.2, 0.25) is 10.0 Å². The van der Waals surface area contributed by atoms with Crippen LogP contribution in [0.3, 0.4) is 0 Å². The lowest BCUT2D eigenvalue weighted by atomic mass is 10.2. The summed E-state index contributed by atoms with van der Waals surface area (Å²) >= 11 is 11.2. The second kappa shape index (κ2) is 6.41. The highest BCUT2D eigenvalue weighted by molar-refractivity contribution is 7.92. The fourth-order valence-electron chi connectivity index (χ4n) is 1.41. The molecule has 0 amide bonds. The third-order valence-electron chi connectivity index (χ3n) is 2.33. The third-order valence-corrected chi connectivity index (χ3v) is 4.72. The SMILES string of the molecule is CC(CCl)CS(=O)(=O)Nc1cc(C(F)(F)F)ccc1Cl. The molecule has 20 heavy (non-hydrogen) atoms. The van der Waals surface area contributed by atoms with Crippen LogP contribution in [0.2, 0.25) is 5.02 Å². The first-order chi connectivity index (χ1) is 9.05. The van der Waals surface area contributed by atoms with Crippen LogP contribution in [0.25, 0.3) is 0 Å². The van der Waals surface area contributed by atoms with E-state index < -0.39 is 21.8 Å². The minimum absolute atomic E-state index is 0.111. The molecule has 1 unspecified atom stereocenters. The van der Waals surface area contributed by atoms with Gasteiger partial charge in [0.25, 0.3) is 0 Å². The molecule has 0 spiro atoms. The predicted octanol–water partition coefficient (Wildman–Crippen LogP) is 3.98. The normalized spacial score (nSPS) is 14.1. The summed E-state index contributed by atoms with van der Waals surface area (Å²) in [5, 5.41) is -0.111. The Kier molecular flexibility index (Phi) is 5.57. The van der Waals surface area contributed by atoms with Crippen molar-refractivity contribution < 1.29 is 21.6 Å². The molecule has 9 heteroatoms. The number of alkyl halides is 4. The molecule has 0 saturated heterocycles. The molecule has 0 saturated carbocycles. The summed E-state index contributed by atoms with van der Waals surface area (Å²) in [5.41, 5.74) is -1.28. The van der Waals surface area contributed by atoms with Gasteiger partial charge in [0, 0.05) is 5.88 Å². The monoisotopic (exact) mass is 349 g/mol. The van der Waals surface area contributed by atoms with Crippen LogP contribution < -0.4 is 4.72 Å². The van der Waals surface area contributed by atoms with Gasteiger partial charge in [-0.05, 0) is 24.1 Å². The Hall–Kier alpha value is -0.660. The first-order valence-corrected chi connectivity index (χ1v) is 8.05. The highest BCUT2D eigenvalue weighted by Gasteiger charge is 2.31. The number of nitrogens with one attached hydrogen (secondary N) is 1. The predicted molar refractivity (Wildman–Crippen MR) is 73.7 cm³/mol. The summed E-state index contributed by atoms with van der Waals surface area (Å²) in [4.78, 5) is 0. The maximum absolute atomic E-state index is 12.6. The largest absolute Gasteiger partial charge is 0.416 e. The quantitative estimate of drug-likeness (QED) is 0.817. The van der Waals surface area contributed by atoms with Gasteiger partial charge < -0.3 is 0 Å². The van der Waals surface area contributed by atoms with Crippen LogP contribution in [0, 0.1) is 5.92 Å². The molecular formula is C11H12Cl2F3NO2S. The Balaban J connectivity index is 3.03. The van der Waals surface area contributed by atoms with Gasteiger partial charge in [-0.15, -0.1) is 11.6 Å². The van der Waals surface area contributed by atoms with E-state index in [1.54, 1.807) is 6.92 Å². The van der Waals surface area contributed by atoms with E-state index >= 15 is 0 Å².